The summed E-state index contributed by atoms with van der Waals surface area (Å²) in [6.45, 7) is 4.17. The molecule has 2 aromatic rings. The molecular weight excluding hydrogens is 430 g/mol. The summed E-state index contributed by atoms with van der Waals surface area (Å²) in [6.07, 6.45) is 0. The molecule has 0 amide bonds. The number of piperazine rings is 1. The molecule has 1 aromatic heterocycles. The molecule has 3 rings (SSSR count). The van der Waals surface area contributed by atoms with Crippen LogP contribution in [0.25, 0.3) is 0 Å². The van der Waals surface area contributed by atoms with Crippen molar-refractivity contribution in [3.05, 3.63) is 41.3 Å². The Morgan fingerprint density at radius 1 is 1.07 bits per heavy atom. The van der Waals surface area contributed by atoms with Crippen LogP contribution in [0.15, 0.2) is 49.7 Å². The molecule has 2 heterocycles. The summed E-state index contributed by atoms with van der Waals surface area (Å²) in [5.41, 5.74) is 0.709. The van der Waals surface area contributed by atoms with Crippen LogP contribution < -0.4 is 5.14 Å². The molecule has 1 aliphatic heterocycles. The van der Waals surface area contributed by atoms with E-state index in [1.807, 2.05) is 6.07 Å². The maximum absolute atomic E-state index is 13.0. The number of nitrogens with two attached hydrogens (primary N) is 1. The molecule has 2 N–H and O–H groups in total. The van der Waals surface area contributed by atoms with Crippen molar-refractivity contribution in [2.24, 2.45) is 5.14 Å². The van der Waals surface area contributed by atoms with E-state index < -0.39 is 19.9 Å². The predicted molar refractivity (Wildman–Crippen MR) is 108 cm³/mol. The molecule has 1 aliphatic rings. The lowest BCUT2D eigenvalue weighted by atomic mass is 10.2. The Balaban J connectivity index is 0.00000261. The Hall–Kier alpha value is -1.01. The maximum atomic E-state index is 13.0. The van der Waals surface area contributed by atoms with Crippen LogP contribution in [0, 0.1) is 0 Å². The molecule has 0 spiro atoms. The summed E-state index contributed by atoms with van der Waals surface area (Å²) in [5, 5.41) is 6.42. The Kier molecular flexibility index (Phi) is 7.06. The smallest absolute Gasteiger partial charge is 0.247 e. The first-order valence-corrected chi connectivity index (χ1v) is 11.9. The molecule has 11 heteroatoms. The zero-order valence-corrected chi connectivity index (χ0v) is 18.0. The predicted octanol–water partition coefficient (Wildman–Crippen LogP) is 1.40. The summed E-state index contributed by atoms with van der Waals surface area (Å²) < 4.78 is 48.8. The van der Waals surface area contributed by atoms with E-state index in [2.05, 4.69) is 16.8 Å². The second kappa shape index (κ2) is 8.56. The van der Waals surface area contributed by atoms with Crippen molar-refractivity contribution < 1.29 is 16.8 Å². The highest BCUT2D eigenvalue weighted by Gasteiger charge is 2.25. The molecule has 1 fully saturated rings. The van der Waals surface area contributed by atoms with Gasteiger partial charge in [-0.3, -0.25) is 4.90 Å². The van der Waals surface area contributed by atoms with Crippen molar-refractivity contribution in [1.29, 1.82) is 0 Å². The molecule has 1 aromatic carbocycles. The first-order chi connectivity index (χ1) is 12.2. The lowest BCUT2D eigenvalue weighted by Gasteiger charge is -2.32. The highest BCUT2D eigenvalue weighted by Crippen LogP contribution is 2.30. The van der Waals surface area contributed by atoms with Gasteiger partial charge in [-0.15, -0.1) is 23.7 Å². The molecule has 0 bridgehead atoms. The van der Waals surface area contributed by atoms with Crippen molar-refractivity contribution in [2.75, 3.05) is 33.2 Å². The average molecular weight is 452 g/mol. The SMILES string of the molecule is CN1CCN(Cc2ccccc2S(=O)(=O)c2csc(S(N)(=O)=O)c2)CC1.Cl. The van der Waals surface area contributed by atoms with Crippen molar-refractivity contribution >= 4 is 43.6 Å². The highest BCUT2D eigenvalue weighted by molar-refractivity contribution is 7.92. The van der Waals surface area contributed by atoms with Gasteiger partial charge in [0.2, 0.25) is 19.9 Å². The first kappa shape index (κ1) is 22.3. The zero-order valence-electron chi connectivity index (χ0n) is 14.7. The van der Waals surface area contributed by atoms with Crippen LogP contribution in [-0.2, 0) is 26.4 Å². The fourth-order valence-corrected chi connectivity index (χ4v) is 6.39. The van der Waals surface area contributed by atoms with Gasteiger partial charge in [-0.05, 0) is 24.7 Å². The van der Waals surface area contributed by atoms with E-state index in [0.29, 0.717) is 12.1 Å². The molecule has 7 nitrogen and oxygen atoms in total. The van der Waals surface area contributed by atoms with Crippen molar-refractivity contribution in [3.8, 4) is 0 Å². The lowest BCUT2D eigenvalue weighted by molar-refractivity contribution is 0.147. The topological polar surface area (TPSA) is 101 Å². The number of sulfone groups is 1. The first-order valence-electron chi connectivity index (χ1n) is 8.03. The largest absolute Gasteiger partial charge is 0.304 e. The Labute approximate surface area is 170 Å². The van der Waals surface area contributed by atoms with Crippen LogP contribution in [0.4, 0.5) is 0 Å². The van der Waals surface area contributed by atoms with E-state index in [0.717, 1.165) is 43.6 Å². The number of primary sulfonamides is 1. The maximum Gasteiger partial charge on any atom is 0.247 e. The van der Waals surface area contributed by atoms with Gasteiger partial charge in [-0.2, -0.15) is 0 Å². The molecule has 0 unspecified atom stereocenters. The fourth-order valence-electron chi connectivity index (χ4n) is 2.86. The van der Waals surface area contributed by atoms with Gasteiger partial charge < -0.3 is 4.90 Å². The second-order valence-electron chi connectivity index (χ2n) is 6.34. The summed E-state index contributed by atoms with van der Waals surface area (Å²) in [6, 6.07) is 7.98. The number of rotatable bonds is 5. The van der Waals surface area contributed by atoms with Crippen molar-refractivity contribution in [2.45, 2.75) is 20.5 Å². The Morgan fingerprint density at radius 3 is 2.30 bits per heavy atom. The van der Waals surface area contributed by atoms with Crippen molar-refractivity contribution in [3.63, 3.8) is 0 Å². The normalized spacial score (nSPS) is 16.8. The van der Waals surface area contributed by atoms with Gasteiger partial charge >= 0.3 is 0 Å². The van der Waals surface area contributed by atoms with Crippen LogP contribution in [0.3, 0.4) is 0 Å². The van der Waals surface area contributed by atoms with Gasteiger partial charge in [-0.25, -0.2) is 22.0 Å². The van der Waals surface area contributed by atoms with Crippen LogP contribution >= 0.6 is 23.7 Å². The monoisotopic (exact) mass is 451 g/mol. The molecule has 0 aliphatic carbocycles. The standard InChI is InChI=1S/C16H21N3O4S3.ClH/c1-18-6-8-19(9-7-18)11-13-4-2-3-5-15(13)25(20,21)14-10-16(24-12-14)26(17,22)23;/h2-5,10,12H,6-9,11H2,1H3,(H2,17,22,23);1H. The molecule has 0 radical (unpaired) electrons. The molecule has 150 valence electrons. The van der Waals surface area contributed by atoms with E-state index in [4.69, 9.17) is 5.14 Å². The summed E-state index contributed by atoms with van der Waals surface area (Å²) in [5.74, 6) is 0. The van der Waals surface area contributed by atoms with E-state index in [-0.39, 0.29) is 26.4 Å². The van der Waals surface area contributed by atoms with Crippen LogP contribution in [0.5, 0.6) is 0 Å². The third-order valence-electron chi connectivity index (χ3n) is 4.39. The molecule has 1 saturated heterocycles. The number of hydrogen-bond acceptors (Lipinski definition) is 7. The fraction of sp³-hybridized carbons (Fsp3) is 0.375. The van der Waals surface area contributed by atoms with E-state index in [1.54, 1.807) is 18.2 Å². The van der Waals surface area contributed by atoms with Gasteiger partial charge in [0.15, 0.2) is 0 Å². The minimum Gasteiger partial charge on any atom is -0.304 e. The summed E-state index contributed by atoms with van der Waals surface area (Å²) >= 11 is 0.812. The number of halogens is 1. The third-order valence-corrected chi connectivity index (χ3v) is 8.76. The summed E-state index contributed by atoms with van der Waals surface area (Å²) in [4.78, 5) is 4.62. The van der Waals surface area contributed by atoms with E-state index in [1.165, 1.54) is 5.38 Å². The number of nitrogens with zero attached hydrogens (tertiary/aromatic N) is 2. The number of hydrogen-bond donors (Lipinski definition) is 1. The van der Waals surface area contributed by atoms with Gasteiger partial charge in [0, 0.05) is 38.1 Å². The van der Waals surface area contributed by atoms with Gasteiger partial charge in [0.1, 0.15) is 4.21 Å². The highest BCUT2D eigenvalue weighted by atomic mass is 35.5. The lowest BCUT2D eigenvalue weighted by Crippen LogP contribution is -2.44. The quantitative estimate of drug-likeness (QED) is 0.737. The Bertz CT molecular complexity index is 997. The molecule has 0 atom stereocenters. The minimum atomic E-state index is -3.92. The summed E-state index contributed by atoms with van der Waals surface area (Å²) in [7, 11) is -5.67. The van der Waals surface area contributed by atoms with Crippen molar-refractivity contribution in [1.82, 2.24) is 9.80 Å². The van der Waals surface area contributed by atoms with E-state index >= 15 is 0 Å². The van der Waals surface area contributed by atoms with E-state index in [9.17, 15) is 16.8 Å². The number of thiophene rings is 1. The van der Waals surface area contributed by atoms with Gasteiger partial charge in [0.05, 0.1) is 9.79 Å². The minimum absolute atomic E-state index is 0. The average Bonchev–Trinajstić information content (AvgIpc) is 3.09. The zero-order chi connectivity index (χ0) is 18.9. The van der Waals surface area contributed by atoms with Crippen LogP contribution in [-0.4, -0.2) is 59.9 Å². The van der Waals surface area contributed by atoms with Gasteiger partial charge in [0.25, 0.3) is 0 Å². The number of benzene rings is 1. The second-order valence-corrected chi connectivity index (χ2v) is 11.0. The van der Waals surface area contributed by atoms with Crippen LogP contribution in [0.1, 0.15) is 5.56 Å². The molecule has 0 saturated carbocycles. The number of likely N-dealkylation sites (N-methyl/N-ethyl adjacent to an activating group) is 1. The molecular formula is C16H22ClN3O4S3. The third kappa shape index (κ3) is 5.08. The van der Waals surface area contributed by atoms with Gasteiger partial charge in [-0.1, -0.05) is 18.2 Å². The number of sulfonamides is 1. The Morgan fingerprint density at radius 2 is 1.70 bits per heavy atom. The van der Waals surface area contributed by atoms with Crippen LogP contribution in [0.2, 0.25) is 0 Å². The molecule has 27 heavy (non-hydrogen) atoms.